The SMILES string of the molecule is C[C@@H](Oc1ccc2[nH]nc(-c3cnc(N4CC5(CCCS(=O)(=O)C5)C4)nc3)c2c1)c1c(Cl)cncc1Cl. The first-order chi connectivity index (χ1) is 17.7. The van der Waals surface area contributed by atoms with Gasteiger partial charge >= 0.3 is 0 Å². The zero-order chi connectivity index (χ0) is 25.8. The van der Waals surface area contributed by atoms with E-state index in [-0.39, 0.29) is 11.2 Å². The van der Waals surface area contributed by atoms with Crippen LogP contribution in [0.2, 0.25) is 10.0 Å². The Morgan fingerprint density at radius 3 is 2.54 bits per heavy atom. The fourth-order valence-electron chi connectivity index (χ4n) is 5.40. The van der Waals surface area contributed by atoms with Crippen LogP contribution < -0.4 is 9.64 Å². The van der Waals surface area contributed by atoms with Gasteiger partial charge in [0.25, 0.3) is 0 Å². The van der Waals surface area contributed by atoms with Crippen LogP contribution in [0.4, 0.5) is 5.95 Å². The molecule has 0 aliphatic carbocycles. The van der Waals surface area contributed by atoms with Crippen LogP contribution in [-0.4, -0.2) is 58.2 Å². The molecule has 6 rings (SSSR count). The van der Waals surface area contributed by atoms with Crippen LogP contribution in [0.3, 0.4) is 0 Å². The second-order valence-electron chi connectivity index (χ2n) is 9.88. The molecule has 2 aliphatic heterocycles. The van der Waals surface area contributed by atoms with Gasteiger partial charge in [0.1, 0.15) is 17.5 Å². The number of aromatic nitrogens is 5. The number of rotatable bonds is 5. The molecular weight excluding hydrogens is 535 g/mol. The van der Waals surface area contributed by atoms with Gasteiger partial charge in [-0.1, -0.05) is 23.2 Å². The molecule has 192 valence electrons. The number of sulfone groups is 1. The standard InChI is InChI=1S/C25H24Cl2N6O3S/c1-15(22-19(26)10-28-11-20(22)27)36-17-3-4-21-18(7-17)23(32-31-21)16-8-29-24(30-9-16)33-12-25(13-33)5-2-6-37(34,35)14-25/h3-4,7-11,15H,2,5-6,12-14H2,1H3,(H,31,32)/t15-/m1/s1. The Morgan fingerprint density at radius 2 is 1.84 bits per heavy atom. The molecule has 9 nitrogen and oxygen atoms in total. The van der Waals surface area contributed by atoms with Gasteiger partial charge in [0.05, 0.1) is 27.1 Å². The lowest BCUT2D eigenvalue weighted by molar-refractivity contribution is 0.214. The Labute approximate surface area is 224 Å². The van der Waals surface area contributed by atoms with Crippen LogP contribution >= 0.6 is 23.2 Å². The van der Waals surface area contributed by atoms with E-state index in [1.165, 1.54) is 0 Å². The van der Waals surface area contributed by atoms with Gasteiger partial charge in [-0.05, 0) is 38.0 Å². The van der Waals surface area contributed by atoms with Crippen molar-refractivity contribution in [3.05, 3.63) is 58.6 Å². The van der Waals surface area contributed by atoms with Gasteiger partial charge in [-0.2, -0.15) is 5.10 Å². The third-order valence-electron chi connectivity index (χ3n) is 7.08. The Kier molecular flexibility index (Phi) is 6.00. The summed E-state index contributed by atoms with van der Waals surface area (Å²) in [6.07, 6.45) is 7.84. The van der Waals surface area contributed by atoms with Crippen molar-refractivity contribution in [2.75, 3.05) is 29.5 Å². The molecule has 37 heavy (non-hydrogen) atoms. The molecule has 2 fully saturated rings. The molecule has 12 heteroatoms. The average molecular weight is 559 g/mol. The minimum absolute atomic E-state index is 0.157. The maximum Gasteiger partial charge on any atom is 0.225 e. The Balaban J connectivity index is 1.20. The number of halogens is 2. The molecule has 0 saturated carbocycles. The van der Waals surface area contributed by atoms with Crippen molar-refractivity contribution in [3.8, 4) is 17.0 Å². The van der Waals surface area contributed by atoms with Gasteiger partial charge < -0.3 is 9.64 Å². The summed E-state index contributed by atoms with van der Waals surface area (Å²) in [4.78, 5) is 15.1. The van der Waals surface area contributed by atoms with Gasteiger partial charge in [0, 0.05) is 59.8 Å². The first-order valence-electron chi connectivity index (χ1n) is 11.9. The zero-order valence-electron chi connectivity index (χ0n) is 20.0. The van der Waals surface area contributed by atoms with Crippen LogP contribution in [0.25, 0.3) is 22.2 Å². The van der Waals surface area contributed by atoms with E-state index >= 15 is 0 Å². The summed E-state index contributed by atoms with van der Waals surface area (Å²) < 4.78 is 30.3. The number of benzene rings is 1. The summed E-state index contributed by atoms with van der Waals surface area (Å²) in [7, 11) is -2.95. The van der Waals surface area contributed by atoms with Crippen molar-refractivity contribution < 1.29 is 13.2 Å². The molecule has 4 aromatic rings. The summed E-state index contributed by atoms with van der Waals surface area (Å²) in [5.74, 6) is 1.80. The van der Waals surface area contributed by atoms with Crippen LogP contribution in [0.1, 0.15) is 31.4 Å². The molecule has 1 spiro atoms. The summed E-state index contributed by atoms with van der Waals surface area (Å²) in [5.41, 5.74) is 2.83. The number of H-pyrrole nitrogens is 1. The summed E-state index contributed by atoms with van der Waals surface area (Å²) in [6, 6.07) is 5.66. The minimum atomic E-state index is -2.95. The molecule has 5 heterocycles. The van der Waals surface area contributed by atoms with Crippen molar-refractivity contribution in [3.63, 3.8) is 0 Å². The zero-order valence-corrected chi connectivity index (χ0v) is 22.3. The lowest BCUT2D eigenvalue weighted by atomic mass is 9.78. The van der Waals surface area contributed by atoms with E-state index in [0.29, 0.717) is 51.8 Å². The maximum absolute atomic E-state index is 12.1. The van der Waals surface area contributed by atoms with Gasteiger partial charge in [0.15, 0.2) is 9.84 Å². The van der Waals surface area contributed by atoms with Crippen molar-refractivity contribution in [2.24, 2.45) is 5.41 Å². The van der Waals surface area contributed by atoms with Gasteiger partial charge in [-0.15, -0.1) is 0 Å². The summed E-state index contributed by atoms with van der Waals surface area (Å²) >= 11 is 12.6. The molecule has 0 amide bonds. The molecule has 3 aromatic heterocycles. The highest BCUT2D eigenvalue weighted by Crippen LogP contribution is 2.41. The number of nitrogens with one attached hydrogen (secondary N) is 1. The number of nitrogens with zero attached hydrogens (tertiary/aromatic N) is 5. The van der Waals surface area contributed by atoms with E-state index in [9.17, 15) is 8.42 Å². The van der Waals surface area contributed by atoms with E-state index < -0.39 is 15.9 Å². The number of hydrogen-bond donors (Lipinski definition) is 1. The number of fused-ring (bicyclic) bond motifs is 1. The van der Waals surface area contributed by atoms with Crippen molar-refractivity contribution >= 4 is 49.9 Å². The predicted molar refractivity (Wildman–Crippen MR) is 143 cm³/mol. The number of aromatic amines is 1. The second-order valence-corrected chi connectivity index (χ2v) is 12.9. The van der Waals surface area contributed by atoms with Crippen LogP contribution in [-0.2, 0) is 9.84 Å². The first-order valence-corrected chi connectivity index (χ1v) is 14.5. The van der Waals surface area contributed by atoms with Gasteiger partial charge in [0.2, 0.25) is 5.95 Å². The Hall–Kier alpha value is -2.95. The summed E-state index contributed by atoms with van der Waals surface area (Å²) in [6.45, 7) is 3.21. The van der Waals surface area contributed by atoms with Crippen LogP contribution in [0, 0.1) is 5.41 Å². The molecule has 2 saturated heterocycles. The fraction of sp³-hybridized carbons (Fsp3) is 0.360. The van der Waals surface area contributed by atoms with Crippen molar-refractivity contribution in [2.45, 2.75) is 25.9 Å². The highest BCUT2D eigenvalue weighted by Gasteiger charge is 2.48. The Bertz CT molecular complexity index is 1570. The van der Waals surface area contributed by atoms with E-state index in [4.69, 9.17) is 27.9 Å². The first kappa shape index (κ1) is 24.4. The third-order valence-corrected chi connectivity index (χ3v) is 9.64. The molecule has 0 bridgehead atoms. The Morgan fingerprint density at radius 1 is 1.11 bits per heavy atom. The highest BCUT2D eigenvalue weighted by atomic mass is 35.5. The molecular formula is C25H24Cl2N6O3S. The van der Waals surface area contributed by atoms with E-state index in [2.05, 4.69) is 25.1 Å². The van der Waals surface area contributed by atoms with E-state index in [0.717, 1.165) is 29.3 Å². The van der Waals surface area contributed by atoms with Crippen LogP contribution in [0.5, 0.6) is 5.75 Å². The largest absolute Gasteiger partial charge is 0.486 e. The molecule has 0 radical (unpaired) electrons. The fourth-order valence-corrected chi connectivity index (χ4v) is 8.06. The molecule has 0 unspecified atom stereocenters. The van der Waals surface area contributed by atoms with Crippen LogP contribution in [0.15, 0.2) is 43.0 Å². The summed E-state index contributed by atoms with van der Waals surface area (Å²) in [5, 5.41) is 9.27. The van der Waals surface area contributed by atoms with E-state index in [1.54, 1.807) is 24.8 Å². The van der Waals surface area contributed by atoms with E-state index in [1.807, 2.05) is 30.0 Å². The number of hydrogen-bond acceptors (Lipinski definition) is 8. The minimum Gasteiger partial charge on any atom is -0.486 e. The smallest absolute Gasteiger partial charge is 0.225 e. The van der Waals surface area contributed by atoms with Gasteiger partial charge in [-0.3, -0.25) is 10.1 Å². The lowest BCUT2D eigenvalue weighted by Gasteiger charge is -2.51. The molecule has 1 atom stereocenters. The number of ether oxygens (including phenoxy) is 1. The second kappa shape index (κ2) is 9.11. The normalized spacial score (nSPS) is 19.1. The third kappa shape index (κ3) is 4.62. The van der Waals surface area contributed by atoms with Gasteiger partial charge in [-0.25, -0.2) is 18.4 Å². The topological polar surface area (TPSA) is 114 Å². The predicted octanol–water partition coefficient (Wildman–Crippen LogP) is 4.88. The maximum atomic E-state index is 12.1. The average Bonchev–Trinajstić information content (AvgIpc) is 3.25. The number of pyridine rings is 1. The molecule has 2 aliphatic rings. The van der Waals surface area contributed by atoms with Crippen molar-refractivity contribution in [1.82, 2.24) is 25.1 Å². The molecule has 1 N–H and O–H groups in total. The lowest BCUT2D eigenvalue weighted by Crippen LogP contribution is -2.61. The quantitative estimate of drug-likeness (QED) is 0.368. The highest BCUT2D eigenvalue weighted by molar-refractivity contribution is 7.91. The molecule has 1 aromatic carbocycles. The van der Waals surface area contributed by atoms with Crippen molar-refractivity contribution in [1.29, 1.82) is 0 Å². The monoisotopic (exact) mass is 558 g/mol. The number of anilines is 1.